The van der Waals surface area contributed by atoms with Crippen molar-refractivity contribution in [2.45, 2.75) is 20.4 Å². The van der Waals surface area contributed by atoms with E-state index in [-0.39, 0.29) is 11.9 Å². The molecule has 4 rings (SSSR count). The zero-order valence-electron chi connectivity index (χ0n) is 14.8. The molecule has 0 amide bonds. The van der Waals surface area contributed by atoms with Crippen molar-refractivity contribution in [1.29, 1.82) is 0 Å². The number of benzene rings is 2. The first-order chi connectivity index (χ1) is 12.3. The molecule has 0 unspecified atom stereocenters. The predicted molar refractivity (Wildman–Crippen MR) is 102 cm³/mol. The smallest absolute Gasteiger partial charge is 0.340 e. The van der Waals surface area contributed by atoms with Gasteiger partial charge in [-0.2, -0.15) is 12.4 Å². The van der Waals surface area contributed by atoms with E-state index in [4.69, 9.17) is 0 Å². The Bertz CT molecular complexity index is 1130. The Morgan fingerprint density at radius 1 is 1.12 bits per heavy atom. The third-order valence-corrected chi connectivity index (χ3v) is 5.74. The van der Waals surface area contributed by atoms with Crippen molar-refractivity contribution >= 4 is 33.2 Å². The standard InChI is InChI=1S/C18H19N5O2S/c1-12-9-15-16(10-13(12)2)23-17(19-15)20-18(21-26(23,24)25)22(3)11-14-7-5-4-6-8-14/h4-10H,11H2,1-3H3,(H,19,20,21). The number of anilines is 1. The summed E-state index contributed by atoms with van der Waals surface area (Å²) in [6, 6.07) is 13.5. The van der Waals surface area contributed by atoms with E-state index in [9.17, 15) is 8.42 Å². The molecule has 134 valence electrons. The third kappa shape index (κ3) is 2.72. The summed E-state index contributed by atoms with van der Waals surface area (Å²) in [5.41, 5.74) is 4.28. The van der Waals surface area contributed by atoms with Crippen LogP contribution in [0.1, 0.15) is 16.7 Å². The summed E-state index contributed by atoms with van der Waals surface area (Å²) >= 11 is 0. The van der Waals surface area contributed by atoms with Gasteiger partial charge in [-0.25, -0.2) is 4.98 Å². The minimum absolute atomic E-state index is 0.255. The van der Waals surface area contributed by atoms with E-state index >= 15 is 0 Å². The SMILES string of the molecule is Cc1cc2nc3n(c2cc1C)S(=O)(=O)N=C(N(C)Cc1ccccc1)N3. The number of hydrogen-bond donors (Lipinski definition) is 1. The van der Waals surface area contributed by atoms with Crippen LogP contribution in [-0.2, 0) is 16.8 Å². The van der Waals surface area contributed by atoms with Gasteiger partial charge in [0, 0.05) is 13.6 Å². The molecule has 0 radical (unpaired) electrons. The highest BCUT2D eigenvalue weighted by Gasteiger charge is 2.29. The third-order valence-electron chi connectivity index (χ3n) is 4.51. The number of aryl methyl sites for hydroxylation is 2. The van der Waals surface area contributed by atoms with Crippen molar-refractivity contribution in [2.75, 3.05) is 12.4 Å². The molecule has 3 aromatic rings. The molecule has 0 saturated carbocycles. The lowest BCUT2D eigenvalue weighted by molar-refractivity contribution is 0.497. The Balaban J connectivity index is 1.75. The molecule has 2 aromatic carbocycles. The molecule has 2 heterocycles. The molecule has 8 heteroatoms. The normalized spacial score (nSPS) is 15.3. The zero-order chi connectivity index (χ0) is 18.5. The van der Waals surface area contributed by atoms with Gasteiger partial charge < -0.3 is 4.90 Å². The van der Waals surface area contributed by atoms with Gasteiger partial charge in [0.2, 0.25) is 11.9 Å². The number of guanidine groups is 1. The lowest BCUT2D eigenvalue weighted by Crippen LogP contribution is -2.38. The molecular weight excluding hydrogens is 350 g/mol. The van der Waals surface area contributed by atoms with Crippen LogP contribution in [0.25, 0.3) is 11.0 Å². The summed E-state index contributed by atoms with van der Waals surface area (Å²) in [5, 5.41) is 3.05. The molecule has 1 aliphatic heterocycles. The number of fused-ring (bicyclic) bond motifs is 3. The molecule has 0 spiro atoms. The Labute approximate surface area is 152 Å². The highest BCUT2D eigenvalue weighted by Crippen LogP contribution is 2.28. The number of hydrogen-bond acceptors (Lipinski definition) is 5. The van der Waals surface area contributed by atoms with Gasteiger partial charge in [0.1, 0.15) is 0 Å². The van der Waals surface area contributed by atoms with E-state index in [1.807, 2.05) is 56.3 Å². The molecule has 1 N–H and O–H groups in total. The maximum Gasteiger partial charge on any atom is 0.354 e. The van der Waals surface area contributed by atoms with Crippen LogP contribution in [0.15, 0.2) is 46.9 Å². The second-order valence-corrected chi connectivity index (χ2v) is 7.93. The van der Waals surface area contributed by atoms with Gasteiger partial charge in [-0.1, -0.05) is 30.3 Å². The molecule has 0 saturated heterocycles. The average Bonchev–Trinajstić information content (AvgIpc) is 2.93. The van der Waals surface area contributed by atoms with Gasteiger partial charge >= 0.3 is 10.2 Å². The van der Waals surface area contributed by atoms with E-state index in [0.29, 0.717) is 17.6 Å². The van der Waals surface area contributed by atoms with Gasteiger partial charge in [-0.3, -0.25) is 5.32 Å². The van der Waals surface area contributed by atoms with E-state index < -0.39 is 10.2 Å². The van der Waals surface area contributed by atoms with Crippen LogP contribution in [0.4, 0.5) is 5.95 Å². The monoisotopic (exact) mass is 369 g/mol. The van der Waals surface area contributed by atoms with Crippen molar-refractivity contribution < 1.29 is 8.42 Å². The van der Waals surface area contributed by atoms with Crippen LogP contribution in [0, 0.1) is 13.8 Å². The molecule has 7 nitrogen and oxygen atoms in total. The maximum absolute atomic E-state index is 12.8. The number of nitrogens with one attached hydrogen (secondary N) is 1. The Kier molecular flexibility index (Phi) is 3.73. The summed E-state index contributed by atoms with van der Waals surface area (Å²) < 4.78 is 30.7. The Morgan fingerprint density at radius 2 is 1.81 bits per heavy atom. The van der Waals surface area contributed by atoms with Crippen molar-refractivity contribution in [3.8, 4) is 0 Å². The van der Waals surface area contributed by atoms with Crippen molar-refractivity contribution in [3.05, 3.63) is 59.2 Å². The van der Waals surface area contributed by atoms with Crippen molar-refractivity contribution in [3.63, 3.8) is 0 Å². The summed E-state index contributed by atoms with van der Waals surface area (Å²) in [4.78, 5) is 6.21. The van der Waals surface area contributed by atoms with Crippen LogP contribution >= 0.6 is 0 Å². The van der Waals surface area contributed by atoms with Gasteiger partial charge in [0.25, 0.3) is 0 Å². The Morgan fingerprint density at radius 3 is 2.54 bits per heavy atom. The Hall–Kier alpha value is -2.87. The first-order valence-electron chi connectivity index (χ1n) is 8.22. The average molecular weight is 369 g/mol. The largest absolute Gasteiger partial charge is 0.354 e. The fourth-order valence-electron chi connectivity index (χ4n) is 2.99. The van der Waals surface area contributed by atoms with Crippen molar-refractivity contribution in [2.24, 2.45) is 4.40 Å². The minimum atomic E-state index is -3.90. The summed E-state index contributed by atoms with van der Waals surface area (Å²) in [6.07, 6.45) is 0. The van der Waals surface area contributed by atoms with E-state index in [2.05, 4.69) is 14.7 Å². The second kappa shape index (κ2) is 5.84. The molecule has 26 heavy (non-hydrogen) atoms. The van der Waals surface area contributed by atoms with Gasteiger partial charge in [-0.05, 0) is 42.7 Å². The molecule has 1 aromatic heterocycles. The molecule has 1 aliphatic rings. The van der Waals surface area contributed by atoms with Gasteiger partial charge in [-0.15, -0.1) is 4.40 Å². The van der Waals surface area contributed by atoms with Gasteiger partial charge in [0.15, 0.2) is 0 Å². The molecular formula is C18H19N5O2S. The molecule has 0 fully saturated rings. The molecule has 0 aliphatic carbocycles. The summed E-state index contributed by atoms with van der Waals surface area (Å²) in [6.45, 7) is 4.45. The number of rotatable bonds is 2. The van der Waals surface area contributed by atoms with Crippen LogP contribution in [-0.4, -0.2) is 35.3 Å². The first-order valence-corrected chi connectivity index (χ1v) is 9.62. The van der Waals surface area contributed by atoms with Crippen LogP contribution in [0.5, 0.6) is 0 Å². The fraction of sp³-hybridized carbons (Fsp3) is 0.222. The fourth-order valence-corrected chi connectivity index (χ4v) is 4.18. The van der Waals surface area contributed by atoms with Crippen LogP contribution in [0.3, 0.4) is 0 Å². The number of nitrogens with zero attached hydrogens (tertiary/aromatic N) is 4. The van der Waals surface area contributed by atoms with E-state index in [1.54, 1.807) is 11.9 Å². The van der Waals surface area contributed by atoms with Crippen LogP contribution < -0.4 is 5.32 Å². The van der Waals surface area contributed by atoms with Gasteiger partial charge in [0.05, 0.1) is 11.0 Å². The maximum atomic E-state index is 12.8. The topological polar surface area (TPSA) is 79.6 Å². The lowest BCUT2D eigenvalue weighted by atomic mass is 10.1. The molecule has 0 bridgehead atoms. The van der Waals surface area contributed by atoms with E-state index in [1.165, 1.54) is 0 Å². The van der Waals surface area contributed by atoms with Crippen molar-refractivity contribution in [1.82, 2.24) is 13.9 Å². The zero-order valence-corrected chi connectivity index (χ0v) is 15.6. The summed E-state index contributed by atoms with van der Waals surface area (Å²) in [5.74, 6) is 0.514. The number of imidazole rings is 1. The molecule has 0 atom stereocenters. The number of aromatic nitrogens is 2. The first kappa shape index (κ1) is 16.6. The second-order valence-electron chi connectivity index (χ2n) is 6.48. The lowest BCUT2D eigenvalue weighted by Gasteiger charge is -2.24. The quantitative estimate of drug-likeness (QED) is 0.751. The highest BCUT2D eigenvalue weighted by molar-refractivity contribution is 7.89. The summed E-state index contributed by atoms with van der Waals surface area (Å²) in [7, 11) is -2.11. The predicted octanol–water partition coefficient (Wildman–Crippen LogP) is 2.66. The minimum Gasteiger partial charge on any atom is -0.340 e. The highest BCUT2D eigenvalue weighted by atomic mass is 32.2. The van der Waals surface area contributed by atoms with Crippen LogP contribution in [0.2, 0.25) is 0 Å². The van der Waals surface area contributed by atoms with E-state index in [0.717, 1.165) is 20.7 Å².